The van der Waals surface area contributed by atoms with E-state index in [1.807, 2.05) is 6.92 Å². The van der Waals surface area contributed by atoms with Gasteiger partial charge in [-0.3, -0.25) is 9.80 Å². The third-order valence-corrected chi connectivity index (χ3v) is 3.80. The van der Waals surface area contributed by atoms with Crippen molar-refractivity contribution >= 4 is 0 Å². The van der Waals surface area contributed by atoms with Gasteiger partial charge in [0.15, 0.2) is 11.6 Å². The summed E-state index contributed by atoms with van der Waals surface area (Å²) in [5.41, 5.74) is 0.800. The third kappa shape index (κ3) is 3.49. The summed E-state index contributed by atoms with van der Waals surface area (Å²) < 4.78 is 26.2. The average Bonchev–Trinajstić information content (AvgIpc) is 2.42. The molecule has 1 N–H and O–H groups in total. The Balaban J connectivity index is 1.97. The van der Waals surface area contributed by atoms with E-state index < -0.39 is 11.6 Å². The fraction of sp³-hybridized carbons (Fsp3) is 0.571. The molecule has 1 aliphatic rings. The molecule has 2 rings (SSSR count). The Hall–Kier alpha value is -1.04. The number of halogens is 2. The van der Waals surface area contributed by atoms with Crippen molar-refractivity contribution in [2.45, 2.75) is 13.0 Å². The highest BCUT2D eigenvalue weighted by molar-refractivity contribution is 5.21. The van der Waals surface area contributed by atoms with Gasteiger partial charge >= 0.3 is 0 Å². The largest absolute Gasteiger partial charge is 0.395 e. The molecule has 1 aromatic rings. The number of benzene rings is 1. The van der Waals surface area contributed by atoms with Crippen molar-refractivity contribution in [1.82, 2.24) is 9.80 Å². The molecule has 1 atom stereocenters. The van der Waals surface area contributed by atoms with Gasteiger partial charge < -0.3 is 5.11 Å². The van der Waals surface area contributed by atoms with E-state index in [4.69, 9.17) is 5.11 Å². The molecular formula is C14H20F2N2O. The van der Waals surface area contributed by atoms with E-state index in [0.717, 1.165) is 31.7 Å². The van der Waals surface area contributed by atoms with Crippen molar-refractivity contribution in [2.75, 3.05) is 39.3 Å². The van der Waals surface area contributed by atoms with E-state index in [-0.39, 0.29) is 12.6 Å². The second kappa shape index (κ2) is 6.41. The van der Waals surface area contributed by atoms with Crippen molar-refractivity contribution in [2.24, 2.45) is 0 Å². The number of nitrogens with zero attached hydrogens (tertiary/aromatic N) is 2. The summed E-state index contributed by atoms with van der Waals surface area (Å²) in [6.45, 7) is 6.43. The van der Waals surface area contributed by atoms with Crippen LogP contribution in [0.5, 0.6) is 0 Å². The van der Waals surface area contributed by atoms with E-state index in [0.29, 0.717) is 6.54 Å². The lowest BCUT2D eigenvalue weighted by molar-refractivity contribution is 0.0887. The van der Waals surface area contributed by atoms with Gasteiger partial charge in [-0.1, -0.05) is 6.07 Å². The van der Waals surface area contributed by atoms with Crippen molar-refractivity contribution in [3.8, 4) is 0 Å². The predicted octanol–water partition coefficient (Wildman–Crippen LogP) is 1.64. The molecule has 0 radical (unpaired) electrons. The molecular weight excluding hydrogens is 250 g/mol. The minimum Gasteiger partial charge on any atom is -0.395 e. The zero-order valence-electron chi connectivity index (χ0n) is 11.1. The van der Waals surface area contributed by atoms with Gasteiger partial charge in [0, 0.05) is 38.8 Å². The molecule has 0 aliphatic carbocycles. The molecule has 0 unspecified atom stereocenters. The molecule has 1 heterocycles. The van der Waals surface area contributed by atoms with E-state index in [1.54, 1.807) is 6.07 Å². The van der Waals surface area contributed by atoms with Gasteiger partial charge in [-0.15, -0.1) is 0 Å². The molecule has 19 heavy (non-hydrogen) atoms. The first-order valence-electron chi connectivity index (χ1n) is 6.64. The van der Waals surface area contributed by atoms with Crippen LogP contribution >= 0.6 is 0 Å². The fourth-order valence-corrected chi connectivity index (χ4v) is 2.50. The van der Waals surface area contributed by atoms with Gasteiger partial charge in [0.2, 0.25) is 0 Å². The molecule has 1 fully saturated rings. The Bertz CT molecular complexity index is 420. The minimum absolute atomic E-state index is 0.0753. The molecule has 5 heteroatoms. The number of hydrogen-bond donors (Lipinski definition) is 1. The zero-order valence-corrected chi connectivity index (χ0v) is 11.1. The van der Waals surface area contributed by atoms with Crippen molar-refractivity contribution < 1.29 is 13.9 Å². The van der Waals surface area contributed by atoms with E-state index >= 15 is 0 Å². The number of β-amino-alcohol motifs (C(OH)–C–C–N with tert-alkyl or cyclic N) is 1. The monoisotopic (exact) mass is 270 g/mol. The number of piperazine rings is 1. The summed E-state index contributed by atoms with van der Waals surface area (Å²) in [6.07, 6.45) is 0. The summed E-state index contributed by atoms with van der Waals surface area (Å²) in [5, 5.41) is 8.90. The standard InChI is InChI=1S/C14H20F2N2O/c1-11(12-2-3-13(15)14(16)10-12)18-6-4-17(5-7-18)8-9-19/h2-3,10-11,19H,4-9H2,1H3/t11-/m0/s1. The molecule has 0 spiro atoms. The summed E-state index contributed by atoms with van der Waals surface area (Å²) in [4.78, 5) is 4.45. The van der Waals surface area contributed by atoms with Gasteiger partial charge in [-0.2, -0.15) is 0 Å². The topological polar surface area (TPSA) is 26.7 Å². The number of rotatable bonds is 4. The number of aliphatic hydroxyl groups is 1. The Labute approximate surface area is 112 Å². The SMILES string of the molecule is C[C@@H](c1ccc(F)c(F)c1)N1CCN(CCO)CC1. The molecule has 0 amide bonds. The molecule has 1 aliphatic heterocycles. The van der Waals surface area contributed by atoms with Crippen molar-refractivity contribution in [3.63, 3.8) is 0 Å². The van der Waals surface area contributed by atoms with Gasteiger partial charge in [0.05, 0.1) is 6.61 Å². The molecule has 0 bridgehead atoms. The van der Waals surface area contributed by atoms with Crippen LogP contribution in [0.25, 0.3) is 0 Å². The Kier molecular flexibility index (Phi) is 4.85. The predicted molar refractivity (Wildman–Crippen MR) is 69.9 cm³/mol. The first-order valence-corrected chi connectivity index (χ1v) is 6.64. The van der Waals surface area contributed by atoms with Gasteiger partial charge in [0.25, 0.3) is 0 Å². The quantitative estimate of drug-likeness (QED) is 0.901. The summed E-state index contributed by atoms with van der Waals surface area (Å²) in [6, 6.07) is 4.18. The Morgan fingerprint density at radius 1 is 1.16 bits per heavy atom. The van der Waals surface area contributed by atoms with Gasteiger partial charge in [-0.25, -0.2) is 8.78 Å². The normalized spacial score (nSPS) is 19.6. The Morgan fingerprint density at radius 2 is 1.84 bits per heavy atom. The fourth-order valence-electron chi connectivity index (χ4n) is 2.50. The smallest absolute Gasteiger partial charge is 0.159 e. The second-order valence-corrected chi connectivity index (χ2v) is 4.95. The highest BCUT2D eigenvalue weighted by Gasteiger charge is 2.22. The third-order valence-electron chi connectivity index (χ3n) is 3.80. The van der Waals surface area contributed by atoms with Crippen LogP contribution in [-0.2, 0) is 0 Å². The lowest BCUT2D eigenvalue weighted by Gasteiger charge is -2.38. The first kappa shape index (κ1) is 14.4. The summed E-state index contributed by atoms with van der Waals surface area (Å²) in [5.74, 6) is -1.59. The number of hydrogen-bond acceptors (Lipinski definition) is 3. The molecule has 3 nitrogen and oxygen atoms in total. The number of aliphatic hydroxyl groups excluding tert-OH is 1. The Morgan fingerprint density at radius 3 is 2.42 bits per heavy atom. The molecule has 106 valence electrons. The van der Waals surface area contributed by atoms with Crippen LogP contribution in [0.4, 0.5) is 8.78 Å². The molecule has 1 aromatic carbocycles. The van der Waals surface area contributed by atoms with Crippen molar-refractivity contribution in [1.29, 1.82) is 0 Å². The molecule has 0 aromatic heterocycles. The zero-order chi connectivity index (χ0) is 13.8. The highest BCUT2D eigenvalue weighted by Crippen LogP contribution is 2.23. The van der Waals surface area contributed by atoms with Gasteiger partial charge in [0.1, 0.15) is 0 Å². The minimum atomic E-state index is -0.802. The van der Waals surface area contributed by atoms with Crippen LogP contribution in [0.15, 0.2) is 18.2 Å². The summed E-state index contributed by atoms with van der Waals surface area (Å²) >= 11 is 0. The van der Waals surface area contributed by atoms with Crippen LogP contribution in [0, 0.1) is 11.6 Å². The molecule has 1 saturated heterocycles. The van der Waals surface area contributed by atoms with E-state index in [2.05, 4.69) is 9.80 Å². The second-order valence-electron chi connectivity index (χ2n) is 4.95. The van der Waals surface area contributed by atoms with Crippen LogP contribution in [-0.4, -0.2) is 54.2 Å². The van der Waals surface area contributed by atoms with Crippen LogP contribution in [0.1, 0.15) is 18.5 Å². The van der Waals surface area contributed by atoms with Crippen molar-refractivity contribution in [3.05, 3.63) is 35.4 Å². The van der Waals surface area contributed by atoms with Crippen LogP contribution in [0.2, 0.25) is 0 Å². The maximum atomic E-state index is 13.2. The maximum absolute atomic E-state index is 13.2. The molecule has 0 saturated carbocycles. The maximum Gasteiger partial charge on any atom is 0.159 e. The lowest BCUT2D eigenvalue weighted by atomic mass is 10.1. The van der Waals surface area contributed by atoms with E-state index in [9.17, 15) is 8.78 Å². The van der Waals surface area contributed by atoms with E-state index in [1.165, 1.54) is 12.1 Å². The van der Waals surface area contributed by atoms with Gasteiger partial charge in [-0.05, 0) is 24.6 Å². The first-order chi connectivity index (χ1) is 9.11. The highest BCUT2D eigenvalue weighted by atomic mass is 19.2. The average molecular weight is 270 g/mol. The summed E-state index contributed by atoms with van der Waals surface area (Å²) in [7, 11) is 0. The van der Waals surface area contributed by atoms with Crippen LogP contribution < -0.4 is 0 Å². The van der Waals surface area contributed by atoms with Crippen LogP contribution in [0.3, 0.4) is 0 Å². The lowest BCUT2D eigenvalue weighted by Crippen LogP contribution is -2.47.